The Balaban J connectivity index is 1.96. The molecule has 20 heavy (non-hydrogen) atoms. The maximum atomic E-state index is 11.9. The molecule has 0 N–H and O–H groups in total. The van der Waals surface area contributed by atoms with E-state index in [4.69, 9.17) is 4.74 Å². The number of aromatic nitrogens is 2. The molecule has 1 aliphatic carbocycles. The number of rotatable bonds is 5. The van der Waals surface area contributed by atoms with Crippen molar-refractivity contribution in [1.29, 1.82) is 0 Å². The lowest BCUT2D eigenvalue weighted by Crippen LogP contribution is -2.25. The first-order chi connectivity index (χ1) is 9.70. The van der Waals surface area contributed by atoms with Crippen molar-refractivity contribution in [1.82, 2.24) is 9.78 Å². The zero-order chi connectivity index (χ0) is 14.4. The van der Waals surface area contributed by atoms with E-state index >= 15 is 0 Å². The van der Waals surface area contributed by atoms with Gasteiger partial charge in [0.1, 0.15) is 0 Å². The summed E-state index contributed by atoms with van der Waals surface area (Å²) in [5.74, 6) is -0.0603. The number of hydrogen-bond acceptors (Lipinski definition) is 4. The van der Waals surface area contributed by atoms with Crippen molar-refractivity contribution in [2.24, 2.45) is 5.92 Å². The third-order valence-electron chi connectivity index (χ3n) is 3.34. The normalized spacial score (nSPS) is 17.9. The molecule has 1 heterocycles. The molecule has 2 rings (SSSR count). The van der Waals surface area contributed by atoms with Crippen LogP contribution in [0.4, 0.5) is 0 Å². The summed E-state index contributed by atoms with van der Waals surface area (Å²) in [6.07, 6.45) is 8.12. The third kappa shape index (κ3) is 3.79. The number of ether oxygens (including phenoxy) is 1. The minimum atomic E-state index is -0.454. The van der Waals surface area contributed by atoms with Gasteiger partial charge in [-0.3, -0.25) is 4.79 Å². The SMILES string of the molecule is CCCn1nc(C(=O)OCC2CC=CCC2)ccc1=O. The Bertz CT molecular complexity index is 548. The van der Waals surface area contributed by atoms with Gasteiger partial charge in [-0.25, -0.2) is 9.48 Å². The maximum Gasteiger partial charge on any atom is 0.358 e. The van der Waals surface area contributed by atoms with Crippen molar-refractivity contribution in [3.05, 3.63) is 40.3 Å². The summed E-state index contributed by atoms with van der Waals surface area (Å²) in [6.45, 7) is 2.88. The Labute approximate surface area is 118 Å². The molecule has 0 amide bonds. The smallest absolute Gasteiger partial charge is 0.358 e. The van der Waals surface area contributed by atoms with E-state index in [9.17, 15) is 9.59 Å². The number of allylic oxidation sites excluding steroid dienone is 2. The fourth-order valence-corrected chi connectivity index (χ4v) is 2.20. The second-order valence-corrected chi connectivity index (χ2v) is 5.03. The van der Waals surface area contributed by atoms with Crippen LogP contribution in [0.25, 0.3) is 0 Å². The second-order valence-electron chi connectivity index (χ2n) is 5.03. The molecule has 1 atom stereocenters. The summed E-state index contributed by atoms with van der Waals surface area (Å²) < 4.78 is 6.60. The largest absolute Gasteiger partial charge is 0.461 e. The predicted molar refractivity (Wildman–Crippen MR) is 75.6 cm³/mol. The van der Waals surface area contributed by atoms with Crippen molar-refractivity contribution in [3.8, 4) is 0 Å². The maximum absolute atomic E-state index is 11.9. The molecular formula is C15H20N2O3. The zero-order valence-corrected chi connectivity index (χ0v) is 11.7. The van der Waals surface area contributed by atoms with Crippen molar-refractivity contribution in [2.75, 3.05) is 6.61 Å². The summed E-state index contributed by atoms with van der Waals surface area (Å²) in [5, 5.41) is 4.04. The number of carbonyl (C=O) groups excluding carboxylic acids is 1. The van der Waals surface area contributed by atoms with Crippen LogP contribution in [0.3, 0.4) is 0 Å². The summed E-state index contributed by atoms with van der Waals surface area (Å²) in [5.41, 5.74) is 0.00483. The van der Waals surface area contributed by atoms with Gasteiger partial charge in [0.25, 0.3) is 5.56 Å². The standard InChI is InChI=1S/C15H20N2O3/c1-2-10-17-14(18)9-8-13(16-17)15(19)20-11-12-6-4-3-5-7-12/h3-4,8-9,12H,2,5-7,10-11H2,1H3. The highest BCUT2D eigenvalue weighted by atomic mass is 16.5. The molecule has 0 spiro atoms. The van der Waals surface area contributed by atoms with Gasteiger partial charge in [-0.05, 0) is 37.7 Å². The van der Waals surface area contributed by atoms with Crippen LogP contribution < -0.4 is 5.56 Å². The number of nitrogens with zero attached hydrogens (tertiary/aromatic N) is 2. The molecule has 1 aliphatic rings. The molecule has 0 fully saturated rings. The summed E-state index contributed by atoms with van der Waals surface area (Å²) in [4.78, 5) is 23.5. The molecule has 0 saturated carbocycles. The monoisotopic (exact) mass is 276 g/mol. The van der Waals surface area contributed by atoms with Crippen molar-refractivity contribution >= 4 is 5.97 Å². The molecule has 0 bridgehead atoms. The van der Waals surface area contributed by atoms with Gasteiger partial charge in [-0.2, -0.15) is 5.10 Å². The predicted octanol–water partition coefficient (Wildman–Crippen LogP) is 2.17. The molecule has 0 aromatic carbocycles. The molecule has 1 aromatic rings. The minimum absolute atomic E-state index is 0.194. The molecule has 1 unspecified atom stereocenters. The second kappa shape index (κ2) is 7.03. The average molecular weight is 276 g/mol. The van der Waals surface area contributed by atoms with E-state index in [1.165, 1.54) is 16.8 Å². The highest BCUT2D eigenvalue weighted by molar-refractivity contribution is 5.86. The van der Waals surface area contributed by atoms with E-state index < -0.39 is 5.97 Å². The van der Waals surface area contributed by atoms with Gasteiger partial charge >= 0.3 is 5.97 Å². The third-order valence-corrected chi connectivity index (χ3v) is 3.34. The average Bonchev–Trinajstić information content (AvgIpc) is 2.48. The van der Waals surface area contributed by atoms with Crippen molar-refractivity contribution < 1.29 is 9.53 Å². The molecular weight excluding hydrogens is 256 g/mol. The Morgan fingerprint density at radius 2 is 2.30 bits per heavy atom. The van der Waals surface area contributed by atoms with Gasteiger partial charge in [-0.15, -0.1) is 0 Å². The van der Waals surface area contributed by atoms with Crippen LogP contribution >= 0.6 is 0 Å². The van der Waals surface area contributed by atoms with Crippen LogP contribution in [0.2, 0.25) is 0 Å². The molecule has 108 valence electrons. The van der Waals surface area contributed by atoms with E-state index in [-0.39, 0.29) is 11.3 Å². The topological polar surface area (TPSA) is 61.2 Å². The highest BCUT2D eigenvalue weighted by Gasteiger charge is 2.15. The van der Waals surface area contributed by atoms with Crippen LogP contribution in [-0.2, 0) is 11.3 Å². The van der Waals surface area contributed by atoms with Crippen molar-refractivity contribution in [3.63, 3.8) is 0 Å². The van der Waals surface area contributed by atoms with E-state index in [1.54, 1.807) is 0 Å². The van der Waals surface area contributed by atoms with Crippen LogP contribution in [-0.4, -0.2) is 22.4 Å². The quantitative estimate of drug-likeness (QED) is 0.611. The number of carbonyl (C=O) groups is 1. The van der Waals surface area contributed by atoms with Gasteiger partial charge in [0.2, 0.25) is 0 Å². The summed E-state index contributed by atoms with van der Waals surface area (Å²) in [6, 6.07) is 2.79. The fraction of sp³-hybridized carbons (Fsp3) is 0.533. The molecule has 0 radical (unpaired) electrons. The first kappa shape index (κ1) is 14.5. The summed E-state index contributed by atoms with van der Waals surface area (Å²) in [7, 11) is 0. The first-order valence-electron chi connectivity index (χ1n) is 7.11. The van der Waals surface area contributed by atoms with Crippen LogP contribution in [0, 0.1) is 5.92 Å². The first-order valence-corrected chi connectivity index (χ1v) is 7.11. The van der Waals surface area contributed by atoms with E-state index in [0.717, 1.165) is 25.7 Å². The Morgan fingerprint density at radius 1 is 1.45 bits per heavy atom. The Morgan fingerprint density at radius 3 is 3.00 bits per heavy atom. The van der Waals surface area contributed by atoms with E-state index in [1.807, 2.05) is 6.92 Å². The molecule has 0 aliphatic heterocycles. The Kier molecular flexibility index (Phi) is 5.09. The Hall–Kier alpha value is -1.91. The van der Waals surface area contributed by atoms with Gasteiger partial charge < -0.3 is 4.74 Å². The molecule has 5 nitrogen and oxygen atoms in total. The number of esters is 1. The van der Waals surface area contributed by atoms with Crippen LogP contribution in [0.1, 0.15) is 43.1 Å². The van der Waals surface area contributed by atoms with Gasteiger partial charge in [0.15, 0.2) is 5.69 Å². The minimum Gasteiger partial charge on any atom is -0.461 e. The molecule has 1 aromatic heterocycles. The number of hydrogen-bond donors (Lipinski definition) is 0. The number of aryl methyl sites for hydroxylation is 1. The van der Waals surface area contributed by atoms with Gasteiger partial charge in [0.05, 0.1) is 6.61 Å². The van der Waals surface area contributed by atoms with Crippen LogP contribution in [0.15, 0.2) is 29.1 Å². The molecule has 0 saturated heterocycles. The van der Waals surface area contributed by atoms with Crippen molar-refractivity contribution in [2.45, 2.75) is 39.2 Å². The summed E-state index contributed by atoms with van der Waals surface area (Å²) >= 11 is 0. The highest BCUT2D eigenvalue weighted by Crippen LogP contribution is 2.18. The lowest BCUT2D eigenvalue weighted by Gasteiger charge is -2.17. The van der Waals surface area contributed by atoms with Gasteiger partial charge in [-0.1, -0.05) is 19.1 Å². The van der Waals surface area contributed by atoms with E-state index in [0.29, 0.717) is 19.1 Å². The zero-order valence-electron chi connectivity index (χ0n) is 11.7. The van der Waals surface area contributed by atoms with Crippen LogP contribution in [0.5, 0.6) is 0 Å². The molecule has 5 heteroatoms. The fourth-order valence-electron chi connectivity index (χ4n) is 2.20. The van der Waals surface area contributed by atoms with Gasteiger partial charge in [0, 0.05) is 12.6 Å². The lowest BCUT2D eigenvalue weighted by atomic mass is 9.95. The lowest BCUT2D eigenvalue weighted by molar-refractivity contribution is 0.0422. The van der Waals surface area contributed by atoms with E-state index in [2.05, 4.69) is 17.3 Å².